The van der Waals surface area contributed by atoms with E-state index >= 15 is 0 Å². The first-order valence-corrected chi connectivity index (χ1v) is 14.0. The SMILES string of the molecule is COc1cc(NC(=O)C(=O)C(CC2CCC2)[C@@H]2CC3(CCC(c4ccccc4)(N(C)C)CC3)NN2)ccn1. The second-order valence-corrected chi connectivity index (χ2v) is 11.7. The fraction of sp³-hybridized carbons (Fsp3) is 0.567. The largest absolute Gasteiger partial charge is 0.481 e. The average Bonchev–Trinajstić information content (AvgIpc) is 3.32. The summed E-state index contributed by atoms with van der Waals surface area (Å²) in [6.45, 7) is 0. The minimum atomic E-state index is -0.565. The number of benzene rings is 1. The number of aromatic nitrogens is 1. The number of carbonyl (C=O) groups excluding carboxylic acids is 2. The number of hydrogen-bond acceptors (Lipinski definition) is 7. The molecule has 3 N–H and O–H groups in total. The second-order valence-electron chi connectivity index (χ2n) is 11.7. The van der Waals surface area contributed by atoms with Gasteiger partial charge in [-0.1, -0.05) is 49.6 Å². The molecule has 1 amide bonds. The lowest BCUT2D eigenvalue weighted by Gasteiger charge is -2.49. The fourth-order valence-electron chi connectivity index (χ4n) is 6.73. The number of pyridine rings is 1. The Morgan fingerprint density at radius 3 is 2.50 bits per heavy atom. The van der Waals surface area contributed by atoms with E-state index in [4.69, 9.17) is 4.74 Å². The van der Waals surface area contributed by atoms with Crippen molar-refractivity contribution in [3.8, 4) is 5.88 Å². The molecule has 38 heavy (non-hydrogen) atoms. The summed E-state index contributed by atoms with van der Waals surface area (Å²) in [5, 5.41) is 2.78. The molecule has 3 fully saturated rings. The van der Waals surface area contributed by atoms with E-state index in [9.17, 15) is 9.59 Å². The molecule has 0 bridgehead atoms. The Hall–Kier alpha value is -2.81. The number of ketones is 1. The van der Waals surface area contributed by atoms with Gasteiger partial charge >= 0.3 is 0 Å². The van der Waals surface area contributed by atoms with Crippen LogP contribution in [-0.2, 0) is 15.1 Å². The van der Waals surface area contributed by atoms with Crippen molar-refractivity contribution in [1.29, 1.82) is 0 Å². The molecule has 5 rings (SSSR count). The number of rotatable bonds is 9. The maximum Gasteiger partial charge on any atom is 0.292 e. The van der Waals surface area contributed by atoms with Gasteiger partial charge < -0.3 is 10.1 Å². The number of hydrogen-bond donors (Lipinski definition) is 3. The van der Waals surface area contributed by atoms with E-state index < -0.39 is 5.91 Å². The summed E-state index contributed by atoms with van der Waals surface area (Å²) < 4.78 is 5.15. The van der Waals surface area contributed by atoms with Crippen molar-refractivity contribution in [2.45, 2.75) is 74.9 Å². The highest BCUT2D eigenvalue weighted by Gasteiger charge is 2.50. The fourth-order valence-corrected chi connectivity index (χ4v) is 6.73. The minimum absolute atomic E-state index is 0.0128. The molecule has 204 valence electrons. The van der Waals surface area contributed by atoms with Gasteiger partial charge in [0.1, 0.15) is 0 Å². The summed E-state index contributed by atoms with van der Waals surface area (Å²) in [6.07, 6.45) is 10.8. The lowest BCUT2D eigenvalue weighted by atomic mass is 9.66. The van der Waals surface area contributed by atoms with E-state index in [1.807, 2.05) is 0 Å². The highest BCUT2D eigenvalue weighted by Crippen LogP contribution is 2.48. The molecule has 3 aliphatic rings. The molecule has 1 aliphatic heterocycles. The number of Topliss-reactive ketones (excluding diaryl/α,β-unsaturated/α-hetero) is 1. The molecular weight excluding hydrogens is 478 g/mol. The van der Waals surface area contributed by atoms with Crippen LogP contribution in [0.3, 0.4) is 0 Å². The van der Waals surface area contributed by atoms with Crippen molar-refractivity contribution >= 4 is 17.4 Å². The van der Waals surface area contributed by atoms with Crippen molar-refractivity contribution in [2.24, 2.45) is 11.8 Å². The summed E-state index contributed by atoms with van der Waals surface area (Å²) in [6, 6.07) is 14.0. The molecule has 1 aromatic carbocycles. The zero-order valence-electron chi connectivity index (χ0n) is 22.8. The number of methoxy groups -OCH3 is 1. The zero-order valence-corrected chi connectivity index (χ0v) is 22.8. The van der Waals surface area contributed by atoms with Crippen LogP contribution in [0, 0.1) is 11.8 Å². The van der Waals surface area contributed by atoms with Crippen molar-refractivity contribution in [3.05, 3.63) is 54.2 Å². The minimum Gasteiger partial charge on any atom is -0.481 e. The highest BCUT2D eigenvalue weighted by atomic mass is 16.5. The molecule has 8 heteroatoms. The first-order valence-electron chi connectivity index (χ1n) is 14.0. The van der Waals surface area contributed by atoms with Crippen LogP contribution in [0.5, 0.6) is 5.88 Å². The van der Waals surface area contributed by atoms with Gasteiger partial charge in [0.05, 0.1) is 7.11 Å². The third-order valence-electron chi connectivity index (χ3n) is 9.39. The number of carbonyl (C=O) groups is 2. The van der Waals surface area contributed by atoms with Crippen molar-refractivity contribution < 1.29 is 14.3 Å². The van der Waals surface area contributed by atoms with Crippen LogP contribution >= 0.6 is 0 Å². The summed E-state index contributed by atoms with van der Waals surface area (Å²) in [5.74, 6) is -0.351. The first kappa shape index (κ1) is 26.8. The van der Waals surface area contributed by atoms with Crippen molar-refractivity contribution in [3.63, 3.8) is 0 Å². The molecule has 1 saturated heterocycles. The van der Waals surface area contributed by atoms with Gasteiger partial charge in [-0.15, -0.1) is 0 Å². The third-order valence-corrected chi connectivity index (χ3v) is 9.39. The molecule has 2 heterocycles. The molecule has 8 nitrogen and oxygen atoms in total. The van der Waals surface area contributed by atoms with Crippen molar-refractivity contribution in [1.82, 2.24) is 20.7 Å². The van der Waals surface area contributed by atoms with Gasteiger partial charge in [0, 0.05) is 41.0 Å². The Labute approximate surface area is 225 Å². The molecule has 0 radical (unpaired) electrons. The van der Waals surface area contributed by atoms with Crippen LogP contribution < -0.4 is 20.9 Å². The smallest absolute Gasteiger partial charge is 0.292 e. The predicted octanol–water partition coefficient (Wildman–Crippen LogP) is 4.04. The van der Waals surface area contributed by atoms with Crippen LogP contribution in [0.25, 0.3) is 0 Å². The predicted molar refractivity (Wildman–Crippen MR) is 148 cm³/mol. The Balaban J connectivity index is 1.28. The normalized spacial score (nSPS) is 28.2. The Kier molecular flexibility index (Phi) is 7.84. The van der Waals surface area contributed by atoms with Gasteiger partial charge in [0.25, 0.3) is 5.91 Å². The van der Waals surface area contributed by atoms with Gasteiger partial charge in [-0.05, 0) is 70.2 Å². The van der Waals surface area contributed by atoms with E-state index in [1.165, 1.54) is 19.1 Å². The third kappa shape index (κ3) is 5.35. The number of anilines is 1. The number of amides is 1. The van der Waals surface area contributed by atoms with Crippen LogP contribution in [0.4, 0.5) is 5.69 Å². The van der Waals surface area contributed by atoms with Gasteiger partial charge in [0.2, 0.25) is 11.7 Å². The molecule has 2 saturated carbocycles. The maximum atomic E-state index is 13.6. The number of hydrazine groups is 1. The topological polar surface area (TPSA) is 95.6 Å². The van der Waals surface area contributed by atoms with Gasteiger partial charge in [-0.25, -0.2) is 4.98 Å². The summed E-state index contributed by atoms with van der Waals surface area (Å²) in [7, 11) is 5.88. The summed E-state index contributed by atoms with van der Waals surface area (Å²) in [4.78, 5) is 33.1. The molecule has 2 aliphatic carbocycles. The quantitative estimate of drug-likeness (QED) is 0.431. The monoisotopic (exact) mass is 519 g/mol. The molecule has 1 unspecified atom stereocenters. The Morgan fingerprint density at radius 2 is 1.87 bits per heavy atom. The van der Waals surface area contributed by atoms with E-state index in [0.717, 1.165) is 51.4 Å². The number of ether oxygens (including phenoxy) is 1. The van der Waals surface area contributed by atoms with E-state index in [0.29, 0.717) is 17.5 Å². The lowest BCUT2D eigenvalue weighted by molar-refractivity contribution is -0.138. The zero-order chi connectivity index (χ0) is 26.8. The van der Waals surface area contributed by atoms with Gasteiger partial charge in [-0.3, -0.25) is 25.3 Å². The van der Waals surface area contributed by atoms with Gasteiger partial charge in [-0.2, -0.15) is 0 Å². The molecule has 1 spiro atoms. The average molecular weight is 520 g/mol. The van der Waals surface area contributed by atoms with Crippen LogP contribution in [-0.4, -0.2) is 54.4 Å². The maximum absolute atomic E-state index is 13.6. The molecule has 2 aromatic rings. The summed E-state index contributed by atoms with van der Waals surface area (Å²) >= 11 is 0. The summed E-state index contributed by atoms with van der Waals surface area (Å²) in [5.41, 5.74) is 8.94. The van der Waals surface area contributed by atoms with Gasteiger partial charge in [0.15, 0.2) is 0 Å². The molecule has 2 atom stereocenters. The standard InChI is InChI=1S/C30H41N5O3/c1-35(2)30(22-10-5-4-6-11-22)15-13-29(14-16-30)20-25(33-34-29)24(18-21-8-7-9-21)27(36)28(37)32-23-12-17-31-26(19-23)38-3/h4-6,10-12,17,19,21,24-25,33-34H,7-9,13-16,18,20H2,1-3H3,(H,31,32,37)/t24?,25-,29?,30?/m0/s1. The second kappa shape index (κ2) is 11.1. The highest BCUT2D eigenvalue weighted by molar-refractivity contribution is 6.41. The first-order chi connectivity index (χ1) is 18.3. The number of nitrogens with one attached hydrogen (secondary N) is 3. The number of nitrogens with zero attached hydrogens (tertiary/aromatic N) is 2. The van der Waals surface area contributed by atoms with Crippen molar-refractivity contribution in [2.75, 3.05) is 26.5 Å². The van der Waals surface area contributed by atoms with E-state index in [-0.39, 0.29) is 28.8 Å². The Morgan fingerprint density at radius 1 is 1.13 bits per heavy atom. The molecule has 1 aromatic heterocycles. The van der Waals surface area contributed by atoms with E-state index in [2.05, 4.69) is 70.5 Å². The lowest BCUT2D eigenvalue weighted by Crippen LogP contribution is -2.53. The van der Waals surface area contributed by atoms with Crippen LogP contribution in [0.1, 0.15) is 63.4 Å². The van der Waals surface area contributed by atoms with E-state index in [1.54, 1.807) is 18.3 Å². The van der Waals surface area contributed by atoms with Crippen LogP contribution in [0.2, 0.25) is 0 Å². The Bertz CT molecular complexity index is 1130. The molecular formula is C30H41N5O3. The van der Waals surface area contributed by atoms with Crippen LogP contribution in [0.15, 0.2) is 48.7 Å².